The third kappa shape index (κ3) is 7.71. The quantitative estimate of drug-likeness (QED) is 0.433. The van der Waals surface area contributed by atoms with Gasteiger partial charge in [0.15, 0.2) is 5.96 Å². The summed E-state index contributed by atoms with van der Waals surface area (Å²) in [5.41, 5.74) is 0. The zero-order chi connectivity index (χ0) is 12.5. The summed E-state index contributed by atoms with van der Waals surface area (Å²) in [7, 11) is 0. The second-order valence-electron chi connectivity index (χ2n) is 4.75. The van der Waals surface area contributed by atoms with E-state index < -0.39 is 0 Å². The van der Waals surface area contributed by atoms with Crippen molar-refractivity contribution >= 4 is 41.7 Å². The maximum Gasteiger partial charge on any atom is 0.191 e. The molecule has 0 aromatic heterocycles. The predicted molar refractivity (Wildman–Crippen MR) is 94.4 cm³/mol. The van der Waals surface area contributed by atoms with Gasteiger partial charge in [0.05, 0.1) is 6.54 Å². The van der Waals surface area contributed by atoms with Crippen LogP contribution in [0.1, 0.15) is 46.0 Å². The Morgan fingerprint density at radius 2 is 2.00 bits per heavy atom. The summed E-state index contributed by atoms with van der Waals surface area (Å²) < 4.78 is 0. The van der Waals surface area contributed by atoms with Crippen LogP contribution >= 0.6 is 35.7 Å². The van der Waals surface area contributed by atoms with E-state index in [2.05, 4.69) is 35.7 Å². The van der Waals surface area contributed by atoms with Gasteiger partial charge in [0.1, 0.15) is 0 Å². The van der Waals surface area contributed by atoms with Crippen molar-refractivity contribution in [1.82, 2.24) is 10.6 Å². The molecule has 1 fully saturated rings. The van der Waals surface area contributed by atoms with Crippen LogP contribution in [0.15, 0.2) is 4.99 Å². The van der Waals surface area contributed by atoms with Crippen molar-refractivity contribution in [2.45, 2.75) is 57.2 Å². The fraction of sp³-hybridized carbons (Fsp3) is 0.923. The highest BCUT2D eigenvalue weighted by Gasteiger charge is 2.14. The Labute approximate surface area is 133 Å². The molecule has 1 saturated carbocycles. The minimum absolute atomic E-state index is 0. The lowest BCUT2D eigenvalue weighted by Gasteiger charge is -2.25. The van der Waals surface area contributed by atoms with Gasteiger partial charge < -0.3 is 10.6 Å². The zero-order valence-electron chi connectivity index (χ0n) is 11.9. The Bertz CT molecular complexity index is 230. The van der Waals surface area contributed by atoms with Crippen molar-refractivity contribution < 1.29 is 0 Å². The third-order valence-electron chi connectivity index (χ3n) is 3.20. The predicted octanol–water partition coefficient (Wildman–Crippen LogP) is 3.24. The van der Waals surface area contributed by atoms with Crippen LogP contribution in [0.25, 0.3) is 0 Å². The molecule has 0 radical (unpaired) electrons. The van der Waals surface area contributed by atoms with Gasteiger partial charge in [-0.25, -0.2) is 0 Å². The number of hydrogen-bond acceptors (Lipinski definition) is 2. The Kier molecular flexibility index (Phi) is 11.4. The maximum atomic E-state index is 4.65. The molecule has 1 unspecified atom stereocenters. The molecule has 0 heterocycles. The number of nitrogens with zero attached hydrogens (tertiary/aromatic N) is 1. The van der Waals surface area contributed by atoms with Crippen molar-refractivity contribution in [2.75, 3.05) is 19.3 Å². The molecule has 3 nitrogen and oxygen atoms in total. The molecule has 1 atom stereocenters. The normalized spacial score (nSPS) is 18.9. The molecule has 5 heteroatoms. The van der Waals surface area contributed by atoms with Crippen molar-refractivity contribution in [3.63, 3.8) is 0 Å². The van der Waals surface area contributed by atoms with Gasteiger partial charge in [-0.3, -0.25) is 4.99 Å². The molecule has 1 rings (SSSR count). The highest BCUT2D eigenvalue weighted by Crippen LogP contribution is 2.17. The van der Waals surface area contributed by atoms with E-state index >= 15 is 0 Å². The van der Waals surface area contributed by atoms with Gasteiger partial charge in [-0.2, -0.15) is 11.8 Å². The molecule has 0 bridgehead atoms. The topological polar surface area (TPSA) is 36.4 Å². The summed E-state index contributed by atoms with van der Waals surface area (Å²) in [6.45, 7) is 6.17. The van der Waals surface area contributed by atoms with E-state index in [-0.39, 0.29) is 24.0 Å². The van der Waals surface area contributed by atoms with Gasteiger partial charge in [-0.15, -0.1) is 24.0 Å². The van der Waals surface area contributed by atoms with Gasteiger partial charge in [0.2, 0.25) is 0 Å². The molecule has 0 aromatic carbocycles. The van der Waals surface area contributed by atoms with Crippen LogP contribution in [0.3, 0.4) is 0 Å². The number of thioether (sulfide) groups is 1. The second kappa shape index (κ2) is 11.2. The van der Waals surface area contributed by atoms with Gasteiger partial charge in [0, 0.05) is 17.8 Å². The van der Waals surface area contributed by atoms with Crippen LogP contribution in [0.5, 0.6) is 0 Å². The Morgan fingerprint density at radius 3 is 2.56 bits per heavy atom. The van der Waals surface area contributed by atoms with E-state index in [0.29, 0.717) is 11.3 Å². The van der Waals surface area contributed by atoms with Gasteiger partial charge in [-0.1, -0.05) is 26.2 Å². The summed E-state index contributed by atoms with van der Waals surface area (Å²) in [6, 6.07) is 0.631. The smallest absolute Gasteiger partial charge is 0.191 e. The molecule has 0 spiro atoms. The Hall–Kier alpha value is 0.350. The summed E-state index contributed by atoms with van der Waals surface area (Å²) in [4.78, 5) is 4.65. The lowest BCUT2D eigenvalue weighted by molar-refractivity contribution is 0.410. The summed E-state index contributed by atoms with van der Waals surface area (Å²) >= 11 is 1.87. The SMILES string of the molecule is CCNC(=NCC(C)SC)NC1CCCCC1.I. The first kappa shape index (κ1) is 18.4. The van der Waals surface area contributed by atoms with Crippen LogP contribution in [-0.2, 0) is 0 Å². The lowest BCUT2D eigenvalue weighted by atomic mass is 9.96. The van der Waals surface area contributed by atoms with E-state index in [9.17, 15) is 0 Å². The number of hydrogen-bond donors (Lipinski definition) is 2. The monoisotopic (exact) mass is 385 g/mol. The largest absolute Gasteiger partial charge is 0.357 e. The van der Waals surface area contributed by atoms with Gasteiger partial charge in [0.25, 0.3) is 0 Å². The van der Waals surface area contributed by atoms with Crippen LogP contribution in [0, 0.1) is 0 Å². The molecular weight excluding hydrogens is 357 g/mol. The highest BCUT2D eigenvalue weighted by atomic mass is 127. The lowest BCUT2D eigenvalue weighted by Crippen LogP contribution is -2.44. The van der Waals surface area contributed by atoms with E-state index in [4.69, 9.17) is 0 Å². The number of aliphatic imine (C=N–C) groups is 1. The van der Waals surface area contributed by atoms with Crippen molar-refractivity contribution in [3.8, 4) is 0 Å². The van der Waals surface area contributed by atoms with E-state index in [0.717, 1.165) is 19.0 Å². The van der Waals surface area contributed by atoms with Gasteiger partial charge in [-0.05, 0) is 26.0 Å². The average molecular weight is 385 g/mol. The molecule has 0 saturated heterocycles. The average Bonchev–Trinajstić information content (AvgIpc) is 2.37. The van der Waals surface area contributed by atoms with Crippen LogP contribution in [0.2, 0.25) is 0 Å². The van der Waals surface area contributed by atoms with E-state index in [1.165, 1.54) is 32.1 Å². The number of guanidine groups is 1. The molecule has 1 aliphatic carbocycles. The first-order valence-corrected chi connectivity index (χ1v) is 8.12. The Balaban J connectivity index is 0.00000289. The standard InChI is InChI=1S/C13H27N3S.HI/c1-4-14-13(15-10-11(2)17-3)16-12-8-6-5-7-9-12;/h11-12H,4-10H2,1-3H3,(H2,14,15,16);1H. The molecule has 0 aromatic rings. The molecular formula is C13H28IN3S. The molecule has 2 N–H and O–H groups in total. The molecule has 18 heavy (non-hydrogen) atoms. The van der Waals surface area contributed by atoms with Crippen LogP contribution in [-0.4, -0.2) is 36.6 Å². The summed E-state index contributed by atoms with van der Waals surface area (Å²) in [6.07, 6.45) is 8.85. The van der Waals surface area contributed by atoms with Crippen molar-refractivity contribution in [3.05, 3.63) is 0 Å². The maximum absolute atomic E-state index is 4.65. The van der Waals surface area contributed by atoms with E-state index in [1.54, 1.807) is 0 Å². The first-order chi connectivity index (χ1) is 8.26. The van der Waals surface area contributed by atoms with Crippen LogP contribution in [0.4, 0.5) is 0 Å². The minimum atomic E-state index is 0. The molecule has 108 valence electrons. The van der Waals surface area contributed by atoms with Crippen molar-refractivity contribution in [1.29, 1.82) is 0 Å². The zero-order valence-corrected chi connectivity index (χ0v) is 15.0. The fourth-order valence-corrected chi connectivity index (χ4v) is 2.28. The molecule has 0 aliphatic heterocycles. The second-order valence-corrected chi connectivity index (χ2v) is 6.02. The Morgan fingerprint density at radius 1 is 1.33 bits per heavy atom. The highest BCUT2D eigenvalue weighted by molar-refractivity contribution is 14.0. The first-order valence-electron chi connectivity index (χ1n) is 6.84. The summed E-state index contributed by atoms with van der Waals surface area (Å²) in [5, 5.41) is 7.50. The van der Waals surface area contributed by atoms with E-state index in [1.807, 2.05) is 11.8 Å². The fourth-order valence-electron chi connectivity index (χ4n) is 2.05. The number of halogens is 1. The molecule has 0 amide bonds. The number of rotatable bonds is 5. The summed E-state index contributed by atoms with van der Waals surface area (Å²) in [5.74, 6) is 1.00. The third-order valence-corrected chi connectivity index (χ3v) is 4.15. The minimum Gasteiger partial charge on any atom is -0.357 e. The van der Waals surface area contributed by atoms with Crippen molar-refractivity contribution in [2.24, 2.45) is 4.99 Å². The number of nitrogens with one attached hydrogen (secondary N) is 2. The van der Waals surface area contributed by atoms with Crippen LogP contribution < -0.4 is 10.6 Å². The van der Waals surface area contributed by atoms with Gasteiger partial charge >= 0.3 is 0 Å². The molecule has 1 aliphatic rings.